The number of carbonyl (C=O) groups excluding carboxylic acids is 2. The highest BCUT2D eigenvalue weighted by Gasteiger charge is 2.54. The molecule has 4 N–H and O–H groups in total. The lowest BCUT2D eigenvalue weighted by Crippen LogP contribution is -2.71. The largest absolute Gasteiger partial charge is 0.477 e. The predicted octanol–water partition coefficient (Wildman–Crippen LogP) is -0.151. The summed E-state index contributed by atoms with van der Waals surface area (Å²) in [6, 6.07) is 3.80. The van der Waals surface area contributed by atoms with Gasteiger partial charge >= 0.3 is 5.97 Å². The van der Waals surface area contributed by atoms with Crippen molar-refractivity contribution in [1.29, 1.82) is 0 Å². The molecule has 0 bridgehead atoms. The first-order valence-corrected chi connectivity index (χ1v) is 12.8. The number of pyridine rings is 1. The first kappa shape index (κ1) is 25.4. The minimum atomic E-state index is -1.22. The summed E-state index contributed by atoms with van der Waals surface area (Å²) in [4.78, 5) is 48.7. The molecule has 2 atom stereocenters. The van der Waals surface area contributed by atoms with E-state index in [2.05, 4.69) is 31.0 Å². The second kappa shape index (κ2) is 10.9. The maximum absolute atomic E-state index is 13.1. The minimum absolute atomic E-state index is 0.0884. The standard InChI is InChI=1S/C20H23N9O5S2/c1-3-7-34-25-13(11-5-4-6-12(21)22-11)16(30)23-14-17(31)29-15(19(32)33)10(8-35-18(14)29)9-36-20-24-26-27-28(20)2/h4-6,14,18H,3,7-9H2,1-2H3,(H2,21,22)(H,23,30)(H,32,33)/t14?,18-/m1/s1. The molecule has 16 heteroatoms. The average molecular weight is 534 g/mol. The van der Waals surface area contributed by atoms with Gasteiger partial charge in [-0.25, -0.2) is 14.5 Å². The van der Waals surface area contributed by atoms with E-state index < -0.39 is 29.2 Å². The molecule has 190 valence electrons. The molecule has 2 aliphatic rings. The fourth-order valence-corrected chi connectivity index (χ4v) is 5.82. The highest BCUT2D eigenvalue weighted by Crippen LogP contribution is 2.41. The number of nitrogen functional groups attached to an aromatic ring is 1. The summed E-state index contributed by atoms with van der Waals surface area (Å²) < 4.78 is 1.48. The van der Waals surface area contributed by atoms with Crippen molar-refractivity contribution in [2.45, 2.75) is 29.9 Å². The van der Waals surface area contributed by atoms with Gasteiger partial charge in [-0.3, -0.25) is 14.5 Å². The molecule has 0 saturated carbocycles. The molecule has 0 aromatic carbocycles. The van der Waals surface area contributed by atoms with Crippen LogP contribution < -0.4 is 11.1 Å². The Morgan fingerprint density at radius 1 is 1.42 bits per heavy atom. The van der Waals surface area contributed by atoms with E-state index in [1.807, 2.05) is 6.92 Å². The predicted molar refractivity (Wildman–Crippen MR) is 131 cm³/mol. The highest BCUT2D eigenvalue weighted by atomic mass is 32.2. The average Bonchev–Trinajstić information content (AvgIpc) is 3.27. The number of nitrogens with two attached hydrogens (primary N) is 1. The number of carboxylic acid groups (broad SMARTS) is 1. The van der Waals surface area contributed by atoms with Gasteiger partial charge in [-0.05, 0) is 34.6 Å². The lowest BCUT2D eigenvalue weighted by Gasteiger charge is -2.49. The topological polar surface area (TPSA) is 191 Å². The smallest absolute Gasteiger partial charge is 0.352 e. The summed E-state index contributed by atoms with van der Waals surface area (Å²) in [6.07, 6.45) is 0.676. The van der Waals surface area contributed by atoms with Crippen LogP contribution in [-0.2, 0) is 26.3 Å². The number of rotatable bonds is 10. The van der Waals surface area contributed by atoms with Crippen LogP contribution in [0, 0.1) is 0 Å². The van der Waals surface area contributed by atoms with Crippen molar-refractivity contribution in [1.82, 2.24) is 35.4 Å². The quantitative estimate of drug-likeness (QED) is 0.120. The third-order valence-corrected chi connectivity index (χ3v) is 7.61. The second-order valence-corrected chi connectivity index (χ2v) is 9.76. The van der Waals surface area contributed by atoms with Gasteiger partial charge in [0, 0.05) is 18.6 Å². The Morgan fingerprint density at radius 2 is 2.22 bits per heavy atom. The first-order chi connectivity index (χ1) is 17.3. The van der Waals surface area contributed by atoms with Crippen molar-refractivity contribution < 1.29 is 24.3 Å². The van der Waals surface area contributed by atoms with Gasteiger partial charge in [0.05, 0.1) is 0 Å². The molecule has 0 radical (unpaired) electrons. The van der Waals surface area contributed by atoms with Crippen molar-refractivity contribution in [2.75, 3.05) is 23.8 Å². The molecular weight excluding hydrogens is 510 g/mol. The molecular formula is C20H23N9O5S2. The molecule has 2 aromatic heterocycles. The van der Waals surface area contributed by atoms with Crippen LogP contribution >= 0.6 is 23.5 Å². The number of fused-ring (bicyclic) bond motifs is 1. The fourth-order valence-electron chi connectivity index (χ4n) is 3.49. The summed E-state index contributed by atoms with van der Waals surface area (Å²) in [5, 5.41) is 27.5. The van der Waals surface area contributed by atoms with Crippen LogP contribution in [-0.4, -0.2) is 88.2 Å². The summed E-state index contributed by atoms with van der Waals surface area (Å²) in [6.45, 7) is 2.17. The molecule has 2 aliphatic heterocycles. The molecule has 1 unspecified atom stereocenters. The second-order valence-electron chi connectivity index (χ2n) is 7.71. The summed E-state index contributed by atoms with van der Waals surface area (Å²) in [5.74, 6) is -1.59. The monoisotopic (exact) mass is 533 g/mol. The number of oxime groups is 1. The van der Waals surface area contributed by atoms with E-state index in [-0.39, 0.29) is 29.5 Å². The Labute approximate surface area is 213 Å². The summed E-state index contributed by atoms with van der Waals surface area (Å²) in [7, 11) is 1.68. The molecule has 2 amide bonds. The van der Waals surface area contributed by atoms with Gasteiger partial charge < -0.3 is 21.0 Å². The van der Waals surface area contributed by atoms with Gasteiger partial charge in [-0.1, -0.05) is 29.9 Å². The number of β-lactam (4-membered cyclic amide) rings is 1. The van der Waals surface area contributed by atoms with Crippen molar-refractivity contribution >= 4 is 52.8 Å². The minimum Gasteiger partial charge on any atom is -0.477 e. The van der Waals surface area contributed by atoms with Crippen LogP contribution in [0.1, 0.15) is 19.0 Å². The van der Waals surface area contributed by atoms with Crippen LogP contribution in [0.5, 0.6) is 0 Å². The molecule has 36 heavy (non-hydrogen) atoms. The van der Waals surface area contributed by atoms with E-state index >= 15 is 0 Å². The molecule has 2 aromatic rings. The van der Waals surface area contributed by atoms with Crippen molar-refractivity contribution in [3.8, 4) is 0 Å². The number of thioether (sulfide) groups is 2. The van der Waals surface area contributed by atoms with E-state index in [1.54, 1.807) is 25.2 Å². The number of nitrogens with zero attached hydrogens (tertiary/aromatic N) is 7. The van der Waals surface area contributed by atoms with Crippen molar-refractivity contribution in [2.24, 2.45) is 12.2 Å². The van der Waals surface area contributed by atoms with Crippen LogP contribution in [0.3, 0.4) is 0 Å². The molecule has 4 heterocycles. The zero-order chi connectivity index (χ0) is 25.8. The van der Waals surface area contributed by atoms with E-state index in [4.69, 9.17) is 10.6 Å². The molecule has 1 fully saturated rings. The van der Waals surface area contributed by atoms with Gasteiger partial charge in [0.1, 0.15) is 35.2 Å². The van der Waals surface area contributed by atoms with Crippen molar-refractivity contribution in [3.05, 3.63) is 35.2 Å². The highest BCUT2D eigenvalue weighted by molar-refractivity contribution is 8.01. The Balaban J connectivity index is 1.50. The number of aromatic nitrogens is 5. The molecule has 1 saturated heterocycles. The number of amides is 2. The number of carboxylic acids is 1. The third kappa shape index (κ3) is 5.13. The number of anilines is 1. The molecule has 4 rings (SSSR count). The molecule has 0 spiro atoms. The lowest BCUT2D eigenvalue weighted by atomic mass is 10.0. The summed E-state index contributed by atoms with van der Waals surface area (Å²) in [5.41, 5.74) is 6.27. The van der Waals surface area contributed by atoms with Gasteiger partial charge in [0.25, 0.3) is 11.8 Å². The maximum Gasteiger partial charge on any atom is 0.352 e. The summed E-state index contributed by atoms with van der Waals surface area (Å²) >= 11 is 2.63. The van der Waals surface area contributed by atoms with Crippen LogP contribution in [0.4, 0.5) is 5.82 Å². The van der Waals surface area contributed by atoms with Gasteiger partial charge in [0.15, 0.2) is 5.71 Å². The SMILES string of the molecule is CCCON=C(C(=O)NC1C(=O)N2C(C(=O)O)=C(CSc3nnnn3C)CS[C@H]12)c1cccc(N)n1. The molecule has 14 nitrogen and oxygen atoms in total. The van der Waals surface area contributed by atoms with Crippen molar-refractivity contribution in [3.63, 3.8) is 0 Å². The first-order valence-electron chi connectivity index (χ1n) is 10.8. The van der Waals surface area contributed by atoms with E-state index in [0.29, 0.717) is 28.7 Å². The van der Waals surface area contributed by atoms with Crippen LogP contribution in [0.15, 0.2) is 39.8 Å². The number of nitrogens with one attached hydrogen (secondary N) is 1. The zero-order valence-corrected chi connectivity index (χ0v) is 21.0. The van der Waals surface area contributed by atoms with Gasteiger partial charge in [-0.2, -0.15) is 0 Å². The maximum atomic E-state index is 13.1. The lowest BCUT2D eigenvalue weighted by molar-refractivity contribution is -0.150. The Kier molecular flexibility index (Phi) is 7.73. The third-order valence-electron chi connectivity index (χ3n) is 5.17. The number of aryl methyl sites for hydroxylation is 1. The van der Waals surface area contributed by atoms with Crippen LogP contribution in [0.25, 0.3) is 0 Å². The fraction of sp³-hybridized carbons (Fsp3) is 0.400. The van der Waals surface area contributed by atoms with Crippen LogP contribution in [0.2, 0.25) is 0 Å². The van der Waals surface area contributed by atoms with E-state index in [1.165, 1.54) is 33.1 Å². The van der Waals surface area contributed by atoms with Gasteiger partial charge in [-0.15, -0.1) is 16.9 Å². The number of hydrogen-bond donors (Lipinski definition) is 3. The normalized spacial score (nSPS) is 19.6. The Morgan fingerprint density at radius 3 is 2.89 bits per heavy atom. The van der Waals surface area contributed by atoms with E-state index in [9.17, 15) is 19.5 Å². The number of aliphatic carboxylic acids is 1. The van der Waals surface area contributed by atoms with Gasteiger partial charge in [0.2, 0.25) is 5.16 Å². The zero-order valence-electron chi connectivity index (χ0n) is 19.3. The Hall–Kier alpha value is -3.66. The number of carbonyl (C=O) groups is 3. The molecule has 0 aliphatic carbocycles. The number of hydrogen-bond acceptors (Lipinski definition) is 12. The number of tetrazole rings is 1. The van der Waals surface area contributed by atoms with E-state index in [0.717, 1.165) is 0 Å². The Bertz CT molecular complexity index is 1250.